The van der Waals surface area contributed by atoms with Crippen LogP contribution in [0.25, 0.3) is 0 Å². The number of hydrogen-bond acceptors (Lipinski definition) is 12. The average molecular weight is 866 g/mol. The fraction of sp³-hybridized carbons (Fsp3) is 0.500. The molecule has 2 heterocycles. The van der Waals surface area contributed by atoms with Gasteiger partial charge in [0.1, 0.15) is 66.7 Å². The van der Waals surface area contributed by atoms with E-state index in [2.05, 4.69) is 19.8 Å². The highest BCUT2D eigenvalue weighted by Crippen LogP contribution is 2.36. The summed E-state index contributed by atoms with van der Waals surface area (Å²) in [7, 11) is 0.184. The number of halogens is 4. The Morgan fingerprint density at radius 3 is 1.37 bits per heavy atom. The highest BCUT2D eigenvalue weighted by molar-refractivity contribution is 7.91. The Kier molecular flexibility index (Phi) is 14.8. The molecule has 0 aliphatic heterocycles. The minimum Gasteiger partial charge on any atom is -0.487 e. The van der Waals surface area contributed by atoms with Crippen LogP contribution in [0.4, 0.5) is 8.78 Å². The van der Waals surface area contributed by atoms with Gasteiger partial charge in [-0.2, -0.15) is 0 Å². The van der Waals surface area contributed by atoms with E-state index in [4.69, 9.17) is 32.7 Å². The van der Waals surface area contributed by atoms with Gasteiger partial charge in [0.2, 0.25) is 0 Å². The Labute approximate surface area is 334 Å². The van der Waals surface area contributed by atoms with Gasteiger partial charge in [0.05, 0.1) is 10.0 Å². The molecule has 2 saturated carbocycles. The number of hydrogen-bond donors (Lipinski definition) is 0. The van der Waals surface area contributed by atoms with Crippen LogP contribution in [0.1, 0.15) is 61.4 Å². The number of ether oxygens (including phenoxy) is 2. The second-order valence-corrected chi connectivity index (χ2v) is 20.4. The van der Waals surface area contributed by atoms with Gasteiger partial charge in [-0.1, -0.05) is 36.0 Å². The first kappa shape index (κ1) is 42.7. The fourth-order valence-electron chi connectivity index (χ4n) is 6.74. The van der Waals surface area contributed by atoms with Gasteiger partial charge in [0, 0.05) is 47.4 Å². The summed E-state index contributed by atoms with van der Waals surface area (Å²) in [5.74, 6) is -2.07. The van der Waals surface area contributed by atoms with Crippen molar-refractivity contribution >= 4 is 65.5 Å². The molecule has 0 bridgehead atoms. The maximum atomic E-state index is 14.6. The molecule has 18 heteroatoms. The van der Waals surface area contributed by atoms with Crippen molar-refractivity contribution < 1.29 is 35.1 Å². The molecule has 0 radical (unpaired) electrons. The molecule has 0 spiro atoms. The Morgan fingerprint density at radius 2 is 1.04 bits per heavy atom. The summed E-state index contributed by atoms with van der Waals surface area (Å²) in [4.78, 5) is 11.2. The molecule has 2 aromatic heterocycles. The Morgan fingerprint density at radius 1 is 0.667 bits per heavy atom. The van der Waals surface area contributed by atoms with Crippen molar-refractivity contribution in [3.63, 3.8) is 0 Å². The monoisotopic (exact) mass is 864 g/mol. The van der Waals surface area contributed by atoms with Crippen LogP contribution in [0.15, 0.2) is 57.2 Å². The normalized spacial score (nSPS) is 20.8. The lowest BCUT2D eigenvalue weighted by Gasteiger charge is -2.36. The molecule has 54 heavy (non-hydrogen) atoms. The van der Waals surface area contributed by atoms with Crippen molar-refractivity contribution in [1.29, 1.82) is 0 Å². The molecule has 2 fully saturated rings. The van der Waals surface area contributed by atoms with E-state index >= 15 is 0 Å². The average Bonchev–Trinajstić information content (AvgIpc) is 3.82. The lowest BCUT2D eigenvalue weighted by molar-refractivity contribution is 0.0619. The third-order valence-electron chi connectivity index (χ3n) is 9.46. The van der Waals surface area contributed by atoms with Crippen molar-refractivity contribution in [3.8, 4) is 11.5 Å². The zero-order chi connectivity index (χ0) is 39.2. The zero-order valence-corrected chi connectivity index (χ0v) is 35.2. The van der Waals surface area contributed by atoms with Crippen LogP contribution in [0.5, 0.6) is 11.5 Å². The predicted molar refractivity (Wildman–Crippen MR) is 210 cm³/mol. The van der Waals surface area contributed by atoms with Crippen LogP contribution in [0.3, 0.4) is 0 Å². The van der Waals surface area contributed by atoms with Crippen LogP contribution >= 0.6 is 45.9 Å². The summed E-state index contributed by atoms with van der Waals surface area (Å²) in [5, 5.41) is 4.35. The third kappa shape index (κ3) is 10.9. The van der Waals surface area contributed by atoms with Crippen molar-refractivity contribution in [2.75, 3.05) is 28.2 Å². The Hall–Kier alpha value is -2.44. The van der Waals surface area contributed by atoms with E-state index in [1.807, 2.05) is 28.2 Å². The van der Waals surface area contributed by atoms with E-state index in [1.165, 1.54) is 35.1 Å². The molecule has 2 aliphatic rings. The first-order valence-corrected chi connectivity index (χ1v) is 23.2. The summed E-state index contributed by atoms with van der Waals surface area (Å²) >= 11 is 14.9. The van der Waals surface area contributed by atoms with E-state index in [-0.39, 0.29) is 57.3 Å². The molecule has 296 valence electrons. The second kappa shape index (κ2) is 18.7. The van der Waals surface area contributed by atoms with E-state index in [0.717, 1.165) is 75.6 Å². The van der Waals surface area contributed by atoms with E-state index in [9.17, 15) is 25.6 Å². The summed E-state index contributed by atoms with van der Waals surface area (Å²) in [5.41, 5.74) is 0. The molecule has 2 aromatic carbocycles. The molecule has 0 saturated heterocycles. The van der Waals surface area contributed by atoms with Gasteiger partial charge in [0.15, 0.2) is 19.7 Å². The lowest BCUT2D eigenvalue weighted by Crippen LogP contribution is -2.44. The number of nitrogens with zero attached hydrogens (tertiary/aromatic N) is 4. The molecular weight excluding hydrogens is 822 g/mol. The highest BCUT2D eigenvalue weighted by atomic mass is 35.5. The summed E-state index contributed by atoms with van der Waals surface area (Å²) in [6.07, 6.45) is 10.8. The van der Waals surface area contributed by atoms with Crippen molar-refractivity contribution in [2.24, 2.45) is 0 Å². The summed E-state index contributed by atoms with van der Waals surface area (Å²) < 4.78 is 91.4. The van der Waals surface area contributed by atoms with Crippen LogP contribution in [-0.4, -0.2) is 89.1 Å². The van der Waals surface area contributed by atoms with Crippen LogP contribution in [0, 0.1) is 11.6 Å². The van der Waals surface area contributed by atoms with Gasteiger partial charge >= 0.3 is 0 Å². The van der Waals surface area contributed by atoms with Crippen molar-refractivity contribution in [2.45, 2.75) is 97.0 Å². The van der Waals surface area contributed by atoms with Gasteiger partial charge < -0.3 is 19.3 Å². The minimum atomic E-state index is -3.89. The topological polar surface area (TPSA) is 119 Å². The highest BCUT2D eigenvalue weighted by Gasteiger charge is 2.32. The third-order valence-corrected chi connectivity index (χ3v) is 15.2. The number of likely N-dealkylation sites (N-methyl/N-ethyl adjacent to an activating group) is 2. The van der Waals surface area contributed by atoms with Crippen LogP contribution in [-0.2, 0) is 31.2 Å². The van der Waals surface area contributed by atoms with E-state index in [1.54, 1.807) is 10.8 Å². The molecule has 6 rings (SSSR count). The SMILES string of the molecule is CN(C)[C@@H]1CCCC[C@H]1Oc1cc(F)c(S(=O)(=O)Cc2nccs2)cc1Cl.CN(C)[C@H]1CCCC[C@@H]1Oc1cc(F)c(S(=O)(=O)Cc2nccs2)cc1Cl. The number of benzene rings is 2. The van der Waals surface area contributed by atoms with Gasteiger partial charge in [0.25, 0.3) is 0 Å². The first-order chi connectivity index (χ1) is 25.6. The molecule has 0 N–H and O–H groups in total. The number of thiazole rings is 2. The standard InChI is InChI=1S/2C18H22ClFN2O3S2/c2*1-22(2)14-5-3-4-6-15(14)25-16-10-13(20)17(9-12(16)19)27(23,24)11-18-21-7-8-26-18/h2*7-10,14-15H,3-6,11H2,1-2H3/t2*14-,15-/m10/s1. The maximum absolute atomic E-state index is 14.6. The fourth-order valence-corrected chi connectivity index (χ4v) is 12.0. The van der Waals surface area contributed by atoms with Gasteiger partial charge in [-0.3, -0.25) is 0 Å². The number of sulfone groups is 2. The molecule has 4 aromatic rings. The maximum Gasteiger partial charge on any atom is 0.187 e. The summed E-state index contributed by atoms with van der Waals surface area (Å²) in [6.45, 7) is 0. The van der Waals surface area contributed by atoms with Crippen LogP contribution in [0.2, 0.25) is 10.0 Å². The first-order valence-electron chi connectivity index (χ1n) is 17.4. The quantitative estimate of drug-likeness (QED) is 0.138. The molecule has 4 atom stereocenters. The lowest BCUT2D eigenvalue weighted by atomic mass is 9.91. The Bertz CT molecular complexity index is 1920. The summed E-state index contributed by atoms with van der Waals surface area (Å²) in [6, 6.07) is 4.87. The van der Waals surface area contributed by atoms with Crippen LogP contribution < -0.4 is 9.47 Å². The zero-order valence-electron chi connectivity index (χ0n) is 30.4. The van der Waals surface area contributed by atoms with Gasteiger partial charge in [-0.05, 0) is 78.8 Å². The number of aromatic nitrogens is 2. The molecular formula is C36H44Cl2F2N4O6S4. The molecule has 10 nitrogen and oxygen atoms in total. The van der Waals surface area contributed by atoms with Gasteiger partial charge in [-0.25, -0.2) is 35.6 Å². The van der Waals surface area contributed by atoms with E-state index < -0.39 is 41.1 Å². The smallest absolute Gasteiger partial charge is 0.187 e. The molecule has 2 aliphatic carbocycles. The van der Waals surface area contributed by atoms with Crippen molar-refractivity contribution in [3.05, 3.63) is 79.1 Å². The molecule has 0 amide bonds. The predicted octanol–water partition coefficient (Wildman–Crippen LogP) is 8.32. The number of rotatable bonds is 12. The van der Waals surface area contributed by atoms with Crippen molar-refractivity contribution in [1.82, 2.24) is 19.8 Å². The van der Waals surface area contributed by atoms with E-state index in [0.29, 0.717) is 10.0 Å². The Balaban J connectivity index is 0.000000208. The minimum absolute atomic E-state index is 0.0946. The second-order valence-electron chi connectivity index (χ2n) is 13.7. The molecule has 0 unspecified atom stereocenters. The van der Waals surface area contributed by atoms with Gasteiger partial charge in [-0.15, -0.1) is 22.7 Å². The largest absolute Gasteiger partial charge is 0.487 e.